The van der Waals surface area contributed by atoms with Crippen LogP contribution in [0.15, 0.2) is 30.3 Å². The Balaban J connectivity index is 1.69. The van der Waals surface area contributed by atoms with Gasteiger partial charge in [0.25, 0.3) is 5.91 Å². The van der Waals surface area contributed by atoms with Crippen LogP contribution < -0.4 is 4.90 Å². The van der Waals surface area contributed by atoms with E-state index < -0.39 is 0 Å². The van der Waals surface area contributed by atoms with Crippen molar-refractivity contribution in [2.45, 2.75) is 27.7 Å². The predicted molar refractivity (Wildman–Crippen MR) is 124 cm³/mol. The van der Waals surface area contributed by atoms with Crippen LogP contribution in [0.5, 0.6) is 0 Å². The molecular formula is C24H29N3O2S. The van der Waals surface area contributed by atoms with Crippen molar-refractivity contribution in [1.29, 1.82) is 0 Å². The zero-order valence-corrected chi connectivity index (χ0v) is 19.0. The molecule has 3 aromatic rings. The first-order valence-corrected chi connectivity index (χ1v) is 11.3. The molecule has 2 heterocycles. The third-order valence-corrected chi connectivity index (χ3v) is 7.12. The molecule has 1 amide bonds. The van der Waals surface area contributed by atoms with E-state index in [-0.39, 0.29) is 5.91 Å². The molecule has 1 aromatic heterocycles. The normalized spacial score (nSPS) is 14.9. The van der Waals surface area contributed by atoms with Gasteiger partial charge >= 0.3 is 0 Å². The lowest BCUT2D eigenvalue weighted by atomic mass is 10.1. The Kier molecular flexibility index (Phi) is 6.18. The number of fused-ring (bicyclic) bond motifs is 1. The van der Waals surface area contributed by atoms with Crippen LogP contribution in [0.4, 0.5) is 5.13 Å². The van der Waals surface area contributed by atoms with Gasteiger partial charge in [-0.3, -0.25) is 14.6 Å². The minimum Gasteiger partial charge on any atom is -0.379 e. The summed E-state index contributed by atoms with van der Waals surface area (Å²) in [7, 11) is 0. The molecule has 0 unspecified atom stereocenters. The first kappa shape index (κ1) is 21.0. The number of aromatic nitrogens is 1. The summed E-state index contributed by atoms with van der Waals surface area (Å²) in [5, 5.41) is 0.777. The van der Waals surface area contributed by atoms with Gasteiger partial charge in [-0.1, -0.05) is 29.5 Å². The summed E-state index contributed by atoms with van der Waals surface area (Å²) in [4.78, 5) is 22.7. The van der Waals surface area contributed by atoms with Crippen molar-refractivity contribution in [3.8, 4) is 0 Å². The molecule has 1 aliphatic heterocycles. The average Bonchev–Trinajstić information content (AvgIpc) is 3.20. The highest BCUT2D eigenvalue weighted by molar-refractivity contribution is 7.22. The SMILES string of the molecule is Cc1ccc(C(=O)N(CCN2CCOCC2)c2nc3c(C)ccc(C)c3s2)cc1C. The van der Waals surface area contributed by atoms with E-state index >= 15 is 0 Å². The standard InChI is InChI=1S/C24H29N3O2S/c1-16-7-8-20(15-19(16)4)23(28)27(10-9-26-11-13-29-14-12-26)24-25-21-17(2)5-6-18(3)22(21)30-24/h5-8,15H,9-14H2,1-4H3. The van der Waals surface area contributed by atoms with E-state index in [4.69, 9.17) is 9.72 Å². The van der Waals surface area contributed by atoms with Gasteiger partial charge in [-0.15, -0.1) is 0 Å². The quantitative estimate of drug-likeness (QED) is 0.606. The van der Waals surface area contributed by atoms with Crippen LogP contribution in [-0.2, 0) is 4.74 Å². The number of ether oxygens (including phenoxy) is 1. The summed E-state index contributed by atoms with van der Waals surface area (Å²) in [5.74, 6) is 0.0146. The van der Waals surface area contributed by atoms with Crippen LogP contribution in [0.2, 0.25) is 0 Å². The topological polar surface area (TPSA) is 45.7 Å². The Morgan fingerprint density at radius 1 is 1.03 bits per heavy atom. The number of carbonyl (C=O) groups is 1. The third kappa shape index (κ3) is 4.26. The number of benzene rings is 2. The number of aryl methyl sites for hydroxylation is 4. The molecule has 0 spiro atoms. The minimum absolute atomic E-state index is 0.0146. The molecule has 1 saturated heterocycles. The minimum atomic E-state index is 0.0146. The second-order valence-corrected chi connectivity index (χ2v) is 9.06. The lowest BCUT2D eigenvalue weighted by Gasteiger charge is -2.29. The summed E-state index contributed by atoms with van der Waals surface area (Å²) in [5.41, 5.74) is 6.38. The molecule has 158 valence electrons. The molecule has 6 heteroatoms. The maximum absolute atomic E-state index is 13.6. The van der Waals surface area contributed by atoms with Crippen LogP contribution in [0, 0.1) is 27.7 Å². The first-order valence-electron chi connectivity index (χ1n) is 10.5. The Bertz CT molecular complexity index is 1030. The van der Waals surface area contributed by atoms with Crippen molar-refractivity contribution >= 4 is 32.6 Å². The zero-order valence-electron chi connectivity index (χ0n) is 18.2. The van der Waals surface area contributed by atoms with Crippen molar-refractivity contribution in [2.75, 3.05) is 44.3 Å². The smallest absolute Gasteiger partial charge is 0.260 e. The number of rotatable bonds is 5. The van der Waals surface area contributed by atoms with Crippen LogP contribution in [0.1, 0.15) is 32.6 Å². The predicted octanol–water partition coefficient (Wildman–Crippen LogP) is 4.51. The maximum atomic E-state index is 13.6. The summed E-state index contributed by atoms with van der Waals surface area (Å²) in [6, 6.07) is 10.2. The van der Waals surface area contributed by atoms with Crippen molar-refractivity contribution in [3.05, 3.63) is 58.1 Å². The number of thiazole rings is 1. The largest absolute Gasteiger partial charge is 0.379 e. The Hall–Kier alpha value is -2.28. The molecule has 30 heavy (non-hydrogen) atoms. The lowest BCUT2D eigenvalue weighted by molar-refractivity contribution is 0.0391. The van der Waals surface area contributed by atoms with Gasteiger partial charge in [0.05, 0.1) is 23.4 Å². The van der Waals surface area contributed by atoms with Gasteiger partial charge in [0.2, 0.25) is 0 Å². The Morgan fingerprint density at radius 2 is 1.73 bits per heavy atom. The molecule has 0 saturated carbocycles. The summed E-state index contributed by atoms with van der Waals surface area (Å²) >= 11 is 1.61. The van der Waals surface area contributed by atoms with E-state index in [9.17, 15) is 4.79 Å². The Morgan fingerprint density at radius 3 is 2.43 bits per heavy atom. The van der Waals surface area contributed by atoms with E-state index in [1.165, 1.54) is 11.1 Å². The zero-order chi connectivity index (χ0) is 21.3. The number of nitrogens with zero attached hydrogens (tertiary/aromatic N) is 3. The number of carbonyl (C=O) groups excluding carboxylic acids is 1. The van der Waals surface area contributed by atoms with Crippen LogP contribution in [0.25, 0.3) is 10.2 Å². The Labute approximate surface area is 182 Å². The summed E-state index contributed by atoms with van der Waals surface area (Å²) in [6.07, 6.45) is 0. The number of hydrogen-bond donors (Lipinski definition) is 0. The van der Waals surface area contributed by atoms with E-state index in [1.54, 1.807) is 11.3 Å². The molecule has 2 aromatic carbocycles. The molecular weight excluding hydrogens is 394 g/mol. The lowest BCUT2D eigenvalue weighted by Crippen LogP contribution is -2.43. The molecule has 0 radical (unpaired) electrons. The van der Waals surface area contributed by atoms with Gasteiger partial charge in [0.15, 0.2) is 5.13 Å². The van der Waals surface area contributed by atoms with E-state index in [2.05, 4.69) is 44.7 Å². The van der Waals surface area contributed by atoms with Crippen LogP contribution in [0.3, 0.4) is 0 Å². The highest BCUT2D eigenvalue weighted by Gasteiger charge is 2.24. The molecule has 0 bridgehead atoms. The summed E-state index contributed by atoms with van der Waals surface area (Å²) in [6.45, 7) is 13.1. The van der Waals surface area contributed by atoms with Gasteiger partial charge in [0, 0.05) is 31.7 Å². The fourth-order valence-electron chi connectivity index (χ4n) is 3.74. The molecule has 1 aliphatic rings. The van der Waals surface area contributed by atoms with E-state index in [1.807, 2.05) is 23.1 Å². The second kappa shape index (κ2) is 8.84. The van der Waals surface area contributed by atoms with Crippen molar-refractivity contribution in [3.63, 3.8) is 0 Å². The van der Waals surface area contributed by atoms with Gasteiger partial charge < -0.3 is 4.74 Å². The monoisotopic (exact) mass is 423 g/mol. The fraction of sp³-hybridized carbons (Fsp3) is 0.417. The first-order chi connectivity index (χ1) is 14.4. The molecule has 5 nitrogen and oxygen atoms in total. The molecule has 0 aliphatic carbocycles. The number of amides is 1. The number of anilines is 1. The van der Waals surface area contributed by atoms with Crippen LogP contribution >= 0.6 is 11.3 Å². The average molecular weight is 424 g/mol. The van der Waals surface area contributed by atoms with Gasteiger partial charge in [0.1, 0.15) is 0 Å². The molecule has 1 fully saturated rings. The van der Waals surface area contributed by atoms with E-state index in [0.29, 0.717) is 12.1 Å². The van der Waals surface area contributed by atoms with Crippen molar-refractivity contribution < 1.29 is 9.53 Å². The third-order valence-electron chi connectivity index (χ3n) is 5.90. The van der Waals surface area contributed by atoms with Gasteiger partial charge in [-0.2, -0.15) is 0 Å². The van der Waals surface area contributed by atoms with Gasteiger partial charge in [-0.05, 0) is 62.1 Å². The number of hydrogen-bond acceptors (Lipinski definition) is 5. The van der Waals surface area contributed by atoms with Crippen molar-refractivity contribution in [2.24, 2.45) is 0 Å². The molecule has 0 atom stereocenters. The number of morpholine rings is 1. The maximum Gasteiger partial charge on any atom is 0.260 e. The van der Waals surface area contributed by atoms with E-state index in [0.717, 1.165) is 59.3 Å². The fourth-order valence-corrected chi connectivity index (χ4v) is 4.88. The molecule has 0 N–H and O–H groups in total. The highest BCUT2D eigenvalue weighted by atomic mass is 32.1. The second-order valence-electron chi connectivity index (χ2n) is 8.08. The highest BCUT2D eigenvalue weighted by Crippen LogP contribution is 2.33. The van der Waals surface area contributed by atoms with Crippen LogP contribution in [-0.4, -0.2) is 55.2 Å². The van der Waals surface area contributed by atoms with Crippen molar-refractivity contribution in [1.82, 2.24) is 9.88 Å². The summed E-state index contributed by atoms with van der Waals surface area (Å²) < 4.78 is 6.63. The molecule has 4 rings (SSSR count). The van der Waals surface area contributed by atoms with Gasteiger partial charge in [-0.25, -0.2) is 4.98 Å².